The number of hydrogen-bond donors (Lipinski definition) is 0. The second-order valence-electron chi connectivity index (χ2n) is 5.02. The third kappa shape index (κ3) is 3.75. The van der Waals surface area contributed by atoms with E-state index in [0.717, 1.165) is 19.1 Å². The highest BCUT2D eigenvalue weighted by Crippen LogP contribution is 2.37. The second kappa shape index (κ2) is 6.93. The molecule has 1 rings (SSSR count). The summed E-state index contributed by atoms with van der Waals surface area (Å²) >= 11 is 0. The van der Waals surface area contributed by atoms with Crippen molar-refractivity contribution in [2.45, 2.75) is 37.5 Å². The molecule has 21 heavy (non-hydrogen) atoms. The van der Waals surface area contributed by atoms with Crippen molar-refractivity contribution < 1.29 is 22.7 Å². The molecule has 0 aliphatic heterocycles. The van der Waals surface area contributed by atoms with Crippen LogP contribution in [0.2, 0.25) is 0 Å². The summed E-state index contributed by atoms with van der Waals surface area (Å²) in [7, 11) is -0.939. The van der Waals surface area contributed by atoms with Crippen molar-refractivity contribution in [3.05, 3.63) is 23.3 Å². The average molecular weight is 314 g/mol. The van der Waals surface area contributed by atoms with Gasteiger partial charge in [-0.05, 0) is 24.0 Å². The second-order valence-corrected chi connectivity index (χ2v) is 6.97. The SMILES string of the molecule is CCCC(C)c1ccc(C(=O)OC)c(OC)c1S(C)(=O)=O. The molecule has 0 aliphatic rings. The Bertz CT molecular complexity index is 619. The third-order valence-electron chi connectivity index (χ3n) is 3.38. The first kappa shape index (κ1) is 17.5. The summed E-state index contributed by atoms with van der Waals surface area (Å²) in [6.07, 6.45) is 2.91. The molecule has 0 spiro atoms. The molecule has 1 aromatic rings. The summed E-state index contributed by atoms with van der Waals surface area (Å²) in [5.74, 6) is -0.503. The van der Waals surface area contributed by atoms with E-state index in [-0.39, 0.29) is 22.1 Å². The number of esters is 1. The predicted molar refractivity (Wildman–Crippen MR) is 80.8 cm³/mol. The first-order valence-electron chi connectivity index (χ1n) is 6.77. The van der Waals surface area contributed by atoms with Crippen molar-refractivity contribution in [1.29, 1.82) is 0 Å². The molecule has 1 unspecified atom stereocenters. The van der Waals surface area contributed by atoms with E-state index in [0.29, 0.717) is 5.56 Å². The Hall–Kier alpha value is -1.56. The van der Waals surface area contributed by atoms with Crippen molar-refractivity contribution in [2.24, 2.45) is 0 Å². The van der Waals surface area contributed by atoms with E-state index in [1.807, 2.05) is 13.8 Å². The smallest absolute Gasteiger partial charge is 0.341 e. The van der Waals surface area contributed by atoms with Crippen LogP contribution >= 0.6 is 0 Å². The Morgan fingerprint density at radius 3 is 2.33 bits per heavy atom. The summed E-state index contributed by atoms with van der Waals surface area (Å²) in [6.45, 7) is 4.00. The Kier molecular flexibility index (Phi) is 5.78. The zero-order chi connectivity index (χ0) is 16.2. The van der Waals surface area contributed by atoms with Gasteiger partial charge in [0.1, 0.15) is 10.5 Å². The Labute approximate surface area is 126 Å². The number of ether oxygens (including phenoxy) is 2. The van der Waals surface area contributed by atoms with E-state index in [1.54, 1.807) is 12.1 Å². The molecule has 0 fully saturated rings. The number of methoxy groups -OCH3 is 2. The molecular formula is C15H22O5S. The van der Waals surface area contributed by atoms with E-state index in [4.69, 9.17) is 4.74 Å². The number of benzene rings is 1. The first-order valence-corrected chi connectivity index (χ1v) is 8.66. The van der Waals surface area contributed by atoms with Crippen molar-refractivity contribution in [3.8, 4) is 5.75 Å². The molecule has 0 aromatic heterocycles. The van der Waals surface area contributed by atoms with Gasteiger partial charge in [0, 0.05) is 6.26 Å². The fourth-order valence-corrected chi connectivity index (χ4v) is 3.64. The Morgan fingerprint density at radius 2 is 1.90 bits per heavy atom. The van der Waals surface area contributed by atoms with Crippen LogP contribution in [-0.2, 0) is 14.6 Å². The number of carbonyl (C=O) groups excluding carboxylic acids is 1. The van der Waals surface area contributed by atoms with Crippen LogP contribution in [0.5, 0.6) is 5.75 Å². The molecule has 0 saturated heterocycles. The van der Waals surface area contributed by atoms with Gasteiger partial charge in [-0.2, -0.15) is 0 Å². The highest BCUT2D eigenvalue weighted by molar-refractivity contribution is 7.90. The highest BCUT2D eigenvalue weighted by atomic mass is 32.2. The van der Waals surface area contributed by atoms with Crippen LogP contribution in [0.4, 0.5) is 0 Å². The lowest BCUT2D eigenvalue weighted by Gasteiger charge is -2.19. The van der Waals surface area contributed by atoms with Gasteiger partial charge < -0.3 is 9.47 Å². The monoisotopic (exact) mass is 314 g/mol. The standard InChI is InChI=1S/C15H22O5S/c1-6-7-10(2)11-8-9-12(15(16)20-4)13(19-3)14(11)21(5,17)18/h8-10H,6-7H2,1-5H3. The minimum atomic E-state index is -3.54. The summed E-state index contributed by atoms with van der Waals surface area (Å²) in [6, 6.07) is 3.23. The Balaban J connectivity index is 3.66. The van der Waals surface area contributed by atoms with Gasteiger partial charge in [0.15, 0.2) is 15.6 Å². The van der Waals surface area contributed by atoms with E-state index in [2.05, 4.69) is 4.74 Å². The molecule has 0 heterocycles. The summed E-state index contributed by atoms with van der Waals surface area (Å²) in [5, 5.41) is 0. The Morgan fingerprint density at radius 1 is 1.29 bits per heavy atom. The van der Waals surface area contributed by atoms with Gasteiger partial charge in [-0.25, -0.2) is 13.2 Å². The summed E-state index contributed by atoms with van der Waals surface area (Å²) in [5.41, 5.74) is 0.789. The van der Waals surface area contributed by atoms with Crippen LogP contribution in [-0.4, -0.2) is 34.9 Å². The molecule has 0 bridgehead atoms. The zero-order valence-corrected chi connectivity index (χ0v) is 13.9. The first-order chi connectivity index (χ1) is 9.77. The van der Waals surface area contributed by atoms with Gasteiger partial charge in [-0.1, -0.05) is 26.3 Å². The van der Waals surface area contributed by atoms with Crippen molar-refractivity contribution in [3.63, 3.8) is 0 Å². The fraction of sp³-hybridized carbons (Fsp3) is 0.533. The van der Waals surface area contributed by atoms with Crippen LogP contribution in [0.1, 0.15) is 48.5 Å². The topological polar surface area (TPSA) is 69.7 Å². The summed E-state index contributed by atoms with van der Waals surface area (Å²) in [4.78, 5) is 11.9. The predicted octanol–water partition coefficient (Wildman–Crippen LogP) is 2.79. The van der Waals surface area contributed by atoms with Crippen LogP contribution in [0.3, 0.4) is 0 Å². The average Bonchev–Trinajstić information content (AvgIpc) is 2.43. The third-order valence-corrected chi connectivity index (χ3v) is 4.54. The lowest BCUT2D eigenvalue weighted by Crippen LogP contribution is -2.12. The van der Waals surface area contributed by atoms with Gasteiger partial charge >= 0.3 is 5.97 Å². The molecule has 6 heteroatoms. The number of hydrogen-bond acceptors (Lipinski definition) is 5. The van der Waals surface area contributed by atoms with E-state index < -0.39 is 15.8 Å². The maximum Gasteiger partial charge on any atom is 0.341 e. The van der Waals surface area contributed by atoms with Crippen molar-refractivity contribution >= 4 is 15.8 Å². The molecular weight excluding hydrogens is 292 g/mol. The van der Waals surface area contributed by atoms with E-state index in [9.17, 15) is 13.2 Å². The van der Waals surface area contributed by atoms with Gasteiger partial charge in [-0.15, -0.1) is 0 Å². The van der Waals surface area contributed by atoms with Gasteiger partial charge in [0.25, 0.3) is 0 Å². The quantitative estimate of drug-likeness (QED) is 0.755. The molecule has 1 atom stereocenters. The van der Waals surface area contributed by atoms with Crippen molar-refractivity contribution in [1.82, 2.24) is 0 Å². The molecule has 0 aliphatic carbocycles. The minimum absolute atomic E-state index is 0.0559. The molecule has 0 radical (unpaired) electrons. The minimum Gasteiger partial charge on any atom is -0.494 e. The number of rotatable bonds is 6. The molecule has 0 saturated carbocycles. The maximum absolute atomic E-state index is 12.2. The largest absolute Gasteiger partial charge is 0.494 e. The zero-order valence-electron chi connectivity index (χ0n) is 13.1. The van der Waals surface area contributed by atoms with Crippen molar-refractivity contribution in [2.75, 3.05) is 20.5 Å². The van der Waals surface area contributed by atoms with Gasteiger partial charge in [0.05, 0.1) is 14.2 Å². The molecule has 1 aromatic carbocycles. The summed E-state index contributed by atoms with van der Waals surface area (Å²) < 4.78 is 34.2. The normalized spacial score (nSPS) is 12.8. The lowest BCUT2D eigenvalue weighted by molar-refractivity contribution is 0.0596. The maximum atomic E-state index is 12.2. The van der Waals surface area contributed by atoms with Crippen LogP contribution in [0, 0.1) is 0 Å². The molecule has 5 nitrogen and oxygen atoms in total. The van der Waals surface area contributed by atoms with Crippen LogP contribution < -0.4 is 4.74 Å². The lowest BCUT2D eigenvalue weighted by atomic mass is 9.95. The highest BCUT2D eigenvalue weighted by Gasteiger charge is 2.27. The van der Waals surface area contributed by atoms with E-state index >= 15 is 0 Å². The molecule has 118 valence electrons. The molecule has 0 amide bonds. The van der Waals surface area contributed by atoms with E-state index in [1.165, 1.54) is 14.2 Å². The van der Waals surface area contributed by atoms with Gasteiger partial charge in [0.2, 0.25) is 0 Å². The number of sulfone groups is 1. The van der Waals surface area contributed by atoms with Crippen LogP contribution in [0.25, 0.3) is 0 Å². The van der Waals surface area contributed by atoms with Crippen LogP contribution in [0.15, 0.2) is 17.0 Å². The van der Waals surface area contributed by atoms with Gasteiger partial charge in [-0.3, -0.25) is 0 Å². The molecule has 0 N–H and O–H groups in total. The number of carbonyl (C=O) groups is 1. The fourth-order valence-electron chi connectivity index (χ4n) is 2.41.